The van der Waals surface area contributed by atoms with Gasteiger partial charge in [-0.25, -0.2) is 0 Å². The summed E-state index contributed by atoms with van der Waals surface area (Å²) in [4.78, 5) is 13.0. The van der Waals surface area contributed by atoms with Crippen molar-refractivity contribution in [1.82, 2.24) is 4.90 Å². The van der Waals surface area contributed by atoms with Crippen LogP contribution in [0.5, 0.6) is 0 Å². The number of nitrogens with two attached hydrogens (primary N) is 1. The van der Waals surface area contributed by atoms with E-state index in [2.05, 4.69) is 17.0 Å². The second-order valence-electron chi connectivity index (χ2n) is 4.89. The molecule has 0 radical (unpaired) electrons. The molecule has 2 rings (SSSR count). The molecule has 19 heavy (non-hydrogen) atoms. The Morgan fingerprint density at radius 1 is 1.32 bits per heavy atom. The van der Waals surface area contributed by atoms with E-state index in [1.807, 2.05) is 18.2 Å². The van der Waals surface area contributed by atoms with Crippen LogP contribution in [0.25, 0.3) is 0 Å². The number of rotatable bonds is 5. The van der Waals surface area contributed by atoms with Gasteiger partial charge in [0.2, 0.25) is 0 Å². The predicted octanol–water partition coefficient (Wildman–Crippen LogP) is 0.689. The lowest BCUT2D eigenvalue weighted by Crippen LogP contribution is -2.50. The quantitative estimate of drug-likeness (QED) is 0.818. The summed E-state index contributed by atoms with van der Waals surface area (Å²) in [5, 5.41) is 8.87. The minimum atomic E-state index is -0.831. The topological polar surface area (TPSA) is 75.8 Å². The van der Waals surface area contributed by atoms with Crippen molar-refractivity contribution in [2.75, 3.05) is 19.6 Å². The highest BCUT2D eigenvalue weighted by Gasteiger charge is 2.28. The van der Waals surface area contributed by atoms with Gasteiger partial charge in [-0.15, -0.1) is 0 Å². The van der Waals surface area contributed by atoms with Crippen LogP contribution < -0.4 is 5.73 Å². The lowest BCUT2D eigenvalue weighted by Gasteiger charge is -2.37. The van der Waals surface area contributed by atoms with Gasteiger partial charge in [0.1, 0.15) is 0 Å². The molecule has 5 heteroatoms. The third-order valence-electron chi connectivity index (χ3n) is 3.22. The molecule has 1 heterocycles. The molecule has 0 amide bonds. The van der Waals surface area contributed by atoms with Crippen molar-refractivity contribution < 1.29 is 14.6 Å². The van der Waals surface area contributed by atoms with Crippen LogP contribution in [0.1, 0.15) is 12.0 Å². The summed E-state index contributed by atoms with van der Waals surface area (Å²) < 4.78 is 5.67. The smallest absolute Gasteiger partial charge is 0.306 e. The molecule has 3 N–H and O–H groups in total. The highest BCUT2D eigenvalue weighted by molar-refractivity contribution is 5.67. The normalized spacial score (nSPS) is 24.3. The zero-order chi connectivity index (χ0) is 13.7. The fourth-order valence-electron chi connectivity index (χ4n) is 2.42. The highest BCUT2D eigenvalue weighted by Crippen LogP contribution is 2.16. The first-order valence-electron chi connectivity index (χ1n) is 6.51. The Kier molecular flexibility index (Phi) is 4.90. The van der Waals surface area contributed by atoms with Gasteiger partial charge in [0.25, 0.3) is 0 Å². The summed E-state index contributed by atoms with van der Waals surface area (Å²) in [6, 6.07) is 10.1. The van der Waals surface area contributed by atoms with Crippen molar-refractivity contribution in [3.8, 4) is 0 Å². The van der Waals surface area contributed by atoms with Crippen molar-refractivity contribution in [3.63, 3.8) is 0 Å². The van der Waals surface area contributed by atoms with Crippen LogP contribution in [0, 0.1) is 0 Å². The Labute approximate surface area is 113 Å². The summed E-state index contributed by atoms with van der Waals surface area (Å²) >= 11 is 0. The van der Waals surface area contributed by atoms with Crippen molar-refractivity contribution in [2.45, 2.75) is 25.2 Å². The third-order valence-corrected chi connectivity index (χ3v) is 3.22. The van der Waals surface area contributed by atoms with Gasteiger partial charge < -0.3 is 15.6 Å². The number of nitrogens with zero attached hydrogens (tertiary/aromatic N) is 1. The average molecular weight is 264 g/mol. The largest absolute Gasteiger partial charge is 0.481 e. The van der Waals surface area contributed by atoms with Crippen molar-refractivity contribution >= 4 is 5.97 Å². The molecule has 104 valence electrons. The SMILES string of the molecule is NC[C@@H]1CN(Cc2ccccc2)C[C@@H](CC(=O)O)O1. The van der Waals surface area contributed by atoms with Crippen LogP contribution in [0.3, 0.4) is 0 Å². The zero-order valence-corrected chi connectivity index (χ0v) is 10.9. The fourth-order valence-corrected chi connectivity index (χ4v) is 2.42. The van der Waals surface area contributed by atoms with Gasteiger partial charge in [0, 0.05) is 26.2 Å². The first-order valence-corrected chi connectivity index (χ1v) is 6.51. The molecule has 1 aromatic rings. The molecule has 1 aromatic carbocycles. The van der Waals surface area contributed by atoms with Crippen LogP contribution in [0.15, 0.2) is 30.3 Å². The summed E-state index contributed by atoms with van der Waals surface area (Å²) in [6.45, 7) is 2.61. The maximum Gasteiger partial charge on any atom is 0.306 e. The van der Waals surface area contributed by atoms with Crippen molar-refractivity contribution in [1.29, 1.82) is 0 Å². The van der Waals surface area contributed by atoms with Crippen molar-refractivity contribution in [3.05, 3.63) is 35.9 Å². The Bertz CT molecular complexity index is 410. The molecule has 1 saturated heterocycles. The molecule has 0 aromatic heterocycles. The van der Waals surface area contributed by atoms with E-state index < -0.39 is 5.97 Å². The van der Waals surface area contributed by atoms with Crippen LogP contribution in [0.4, 0.5) is 0 Å². The molecule has 1 fully saturated rings. The third kappa shape index (κ3) is 4.31. The van der Waals surface area contributed by atoms with Gasteiger partial charge in [-0.2, -0.15) is 0 Å². The highest BCUT2D eigenvalue weighted by atomic mass is 16.5. The van der Waals surface area contributed by atoms with E-state index in [-0.39, 0.29) is 18.6 Å². The van der Waals surface area contributed by atoms with Crippen LogP contribution in [0.2, 0.25) is 0 Å². The molecular weight excluding hydrogens is 244 g/mol. The second kappa shape index (κ2) is 6.65. The lowest BCUT2D eigenvalue weighted by atomic mass is 10.1. The number of hydrogen-bond donors (Lipinski definition) is 2. The number of ether oxygens (including phenoxy) is 1. The van der Waals surface area contributed by atoms with E-state index in [4.69, 9.17) is 15.6 Å². The Morgan fingerprint density at radius 3 is 2.63 bits per heavy atom. The van der Waals surface area contributed by atoms with Gasteiger partial charge in [-0.3, -0.25) is 9.69 Å². The molecule has 1 aliphatic rings. The van der Waals surface area contributed by atoms with E-state index in [0.29, 0.717) is 13.1 Å². The monoisotopic (exact) mass is 264 g/mol. The predicted molar refractivity (Wildman–Crippen MR) is 71.7 cm³/mol. The van der Waals surface area contributed by atoms with E-state index in [0.717, 1.165) is 13.1 Å². The molecule has 0 unspecified atom stereocenters. The maximum atomic E-state index is 10.8. The number of benzene rings is 1. The average Bonchev–Trinajstić information content (AvgIpc) is 2.38. The van der Waals surface area contributed by atoms with E-state index in [9.17, 15) is 4.79 Å². The Morgan fingerprint density at radius 2 is 2.00 bits per heavy atom. The van der Waals surface area contributed by atoms with Gasteiger partial charge >= 0.3 is 5.97 Å². The Hall–Kier alpha value is -1.43. The lowest BCUT2D eigenvalue weighted by molar-refractivity contribution is -0.145. The van der Waals surface area contributed by atoms with E-state index in [1.54, 1.807) is 0 Å². The van der Waals surface area contributed by atoms with Crippen LogP contribution in [-0.2, 0) is 16.1 Å². The number of morpholine rings is 1. The minimum Gasteiger partial charge on any atom is -0.481 e. The first-order chi connectivity index (χ1) is 9.17. The fraction of sp³-hybridized carbons (Fsp3) is 0.500. The number of hydrogen-bond acceptors (Lipinski definition) is 4. The first kappa shape index (κ1) is 14.0. The molecule has 0 bridgehead atoms. The van der Waals surface area contributed by atoms with Gasteiger partial charge in [-0.1, -0.05) is 30.3 Å². The van der Waals surface area contributed by atoms with E-state index >= 15 is 0 Å². The van der Waals surface area contributed by atoms with Gasteiger partial charge in [-0.05, 0) is 5.56 Å². The molecule has 5 nitrogen and oxygen atoms in total. The Balaban J connectivity index is 1.97. The second-order valence-corrected chi connectivity index (χ2v) is 4.89. The number of carboxylic acid groups (broad SMARTS) is 1. The summed E-state index contributed by atoms with van der Waals surface area (Å²) in [5.74, 6) is -0.831. The molecule has 0 aliphatic carbocycles. The van der Waals surface area contributed by atoms with Gasteiger partial charge in [0.15, 0.2) is 0 Å². The van der Waals surface area contributed by atoms with Crippen LogP contribution in [-0.4, -0.2) is 47.8 Å². The molecular formula is C14H20N2O3. The number of carbonyl (C=O) groups is 1. The standard InChI is InChI=1S/C14H20N2O3/c15-7-13-10-16(8-11-4-2-1-3-5-11)9-12(19-13)6-14(17)18/h1-5,12-13H,6-10,15H2,(H,17,18)/t12-,13-/m1/s1. The summed E-state index contributed by atoms with van der Waals surface area (Å²) in [7, 11) is 0. The van der Waals surface area contributed by atoms with Gasteiger partial charge in [0.05, 0.1) is 18.6 Å². The number of carboxylic acids is 1. The summed E-state index contributed by atoms with van der Waals surface area (Å²) in [6.07, 6.45) is -0.327. The molecule has 0 spiro atoms. The molecule has 1 aliphatic heterocycles. The molecule has 0 saturated carbocycles. The zero-order valence-electron chi connectivity index (χ0n) is 10.9. The maximum absolute atomic E-state index is 10.8. The summed E-state index contributed by atoms with van der Waals surface area (Å²) in [5.41, 5.74) is 6.87. The van der Waals surface area contributed by atoms with E-state index in [1.165, 1.54) is 5.56 Å². The number of aliphatic carboxylic acids is 1. The van der Waals surface area contributed by atoms with Crippen LogP contribution >= 0.6 is 0 Å². The molecule has 2 atom stereocenters. The van der Waals surface area contributed by atoms with Crippen molar-refractivity contribution in [2.24, 2.45) is 5.73 Å². The minimum absolute atomic E-state index is 0.0296.